The Morgan fingerprint density at radius 3 is 2.80 bits per heavy atom. The van der Waals surface area contributed by atoms with Crippen molar-refractivity contribution in [3.05, 3.63) is 0 Å². The zero-order valence-electron chi connectivity index (χ0n) is 5.47. The van der Waals surface area contributed by atoms with Crippen LogP contribution in [0, 0.1) is 0 Å². The minimum Gasteiger partial charge on any atom is -0.341 e. The molecule has 0 spiro atoms. The Kier molecular flexibility index (Phi) is 2.71. The van der Waals surface area contributed by atoms with Gasteiger partial charge in [0, 0.05) is 13.6 Å². The Balaban J connectivity index is 2.57. The highest BCUT2D eigenvalue weighted by molar-refractivity contribution is 9.10. The Morgan fingerprint density at radius 2 is 2.30 bits per heavy atom. The molecular weight excluding hydrogens is 264 g/mol. The van der Waals surface area contributed by atoms with Gasteiger partial charge in [-0.25, -0.2) is 0 Å². The molecule has 1 aliphatic rings. The van der Waals surface area contributed by atoms with Crippen LogP contribution in [0.15, 0.2) is 0 Å². The van der Waals surface area contributed by atoms with Crippen molar-refractivity contribution in [2.75, 3.05) is 13.6 Å². The van der Waals surface area contributed by atoms with Crippen molar-refractivity contribution in [1.29, 1.82) is 0 Å². The predicted molar refractivity (Wildman–Crippen MR) is 46.2 cm³/mol. The molecule has 0 aromatic rings. The number of carbonyl (C=O) groups is 1. The highest BCUT2D eigenvalue weighted by atomic mass is 79.9. The summed E-state index contributed by atoms with van der Waals surface area (Å²) in [7, 11) is 1.78. The van der Waals surface area contributed by atoms with E-state index in [0.29, 0.717) is 6.54 Å². The molecule has 1 N–H and O–H groups in total. The molecule has 1 amide bonds. The van der Waals surface area contributed by atoms with Crippen LogP contribution in [-0.2, 0) is 4.79 Å². The van der Waals surface area contributed by atoms with E-state index in [-0.39, 0.29) is 15.8 Å². The summed E-state index contributed by atoms with van der Waals surface area (Å²) in [6.45, 7) is 0.709. The lowest BCUT2D eigenvalue weighted by molar-refractivity contribution is -0.131. The van der Waals surface area contributed by atoms with Gasteiger partial charge in [0.05, 0.1) is 4.95 Å². The lowest BCUT2D eigenvalue weighted by atomic mass is 10.4. The average molecular weight is 272 g/mol. The maximum Gasteiger partial charge on any atom is 0.250 e. The van der Waals surface area contributed by atoms with E-state index < -0.39 is 0 Å². The van der Waals surface area contributed by atoms with Crippen LogP contribution in [0.2, 0.25) is 0 Å². The van der Waals surface area contributed by atoms with E-state index in [0.717, 1.165) is 0 Å². The van der Waals surface area contributed by atoms with Gasteiger partial charge in [0.15, 0.2) is 0 Å². The van der Waals surface area contributed by atoms with Gasteiger partial charge in [-0.15, -0.1) is 0 Å². The highest BCUT2D eigenvalue weighted by Crippen LogP contribution is 2.11. The second kappa shape index (κ2) is 3.19. The van der Waals surface area contributed by atoms with Gasteiger partial charge in [-0.3, -0.25) is 10.1 Å². The Labute approximate surface area is 76.4 Å². The number of alkyl halides is 2. The third kappa shape index (κ3) is 1.71. The van der Waals surface area contributed by atoms with Crippen LogP contribution in [0.5, 0.6) is 0 Å². The van der Waals surface area contributed by atoms with Gasteiger partial charge in [0.2, 0.25) is 0 Å². The SMILES string of the molecule is CN1CC(Br)NC(Br)C1=O. The molecular formula is C5H8Br2N2O. The number of halogens is 2. The summed E-state index contributed by atoms with van der Waals surface area (Å²) in [5.74, 6) is 0.0794. The zero-order valence-corrected chi connectivity index (χ0v) is 8.65. The second-order valence-corrected chi connectivity index (χ2v) is 4.24. The standard InChI is InChI=1S/C5H8Br2N2O/c1-9-2-3(6)8-4(7)5(9)10/h3-4,8H,2H2,1H3. The number of hydrogen-bond acceptors (Lipinski definition) is 2. The molecule has 1 saturated heterocycles. The largest absolute Gasteiger partial charge is 0.341 e. The molecule has 0 saturated carbocycles. The third-order valence-corrected chi connectivity index (χ3v) is 2.56. The van der Waals surface area contributed by atoms with Crippen molar-refractivity contribution < 1.29 is 4.79 Å². The highest BCUT2D eigenvalue weighted by Gasteiger charge is 2.27. The number of nitrogens with zero attached hydrogens (tertiary/aromatic N) is 1. The molecule has 3 nitrogen and oxygen atoms in total. The van der Waals surface area contributed by atoms with Crippen LogP contribution in [0.25, 0.3) is 0 Å². The van der Waals surface area contributed by atoms with Crippen LogP contribution in [0.3, 0.4) is 0 Å². The Morgan fingerprint density at radius 1 is 1.70 bits per heavy atom. The van der Waals surface area contributed by atoms with Crippen molar-refractivity contribution in [2.45, 2.75) is 9.90 Å². The molecule has 0 bridgehead atoms. The molecule has 1 fully saturated rings. The Bertz CT molecular complexity index is 139. The molecule has 2 unspecified atom stereocenters. The fourth-order valence-electron chi connectivity index (χ4n) is 0.807. The van der Waals surface area contributed by atoms with Gasteiger partial charge in [0.25, 0.3) is 5.91 Å². The molecule has 58 valence electrons. The monoisotopic (exact) mass is 270 g/mol. The van der Waals surface area contributed by atoms with E-state index in [2.05, 4.69) is 37.2 Å². The first-order valence-electron chi connectivity index (χ1n) is 2.90. The number of amides is 1. The summed E-state index contributed by atoms with van der Waals surface area (Å²) < 4.78 is 0. The van der Waals surface area contributed by atoms with Gasteiger partial charge in [0.1, 0.15) is 4.95 Å². The molecule has 0 aliphatic carbocycles. The number of piperazine rings is 1. The van der Waals surface area contributed by atoms with Gasteiger partial charge in [-0.1, -0.05) is 31.9 Å². The molecule has 1 rings (SSSR count). The fraction of sp³-hybridized carbons (Fsp3) is 0.800. The van der Waals surface area contributed by atoms with E-state index in [1.807, 2.05) is 0 Å². The number of nitrogens with one attached hydrogen (secondary N) is 1. The van der Waals surface area contributed by atoms with Gasteiger partial charge in [-0.2, -0.15) is 0 Å². The molecule has 2 atom stereocenters. The van der Waals surface area contributed by atoms with E-state index >= 15 is 0 Å². The van der Waals surface area contributed by atoms with E-state index in [1.165, 1.54) is 0 Å². The lowest BCUT2D eigenvalue weighted by Crippen LogP contribution is -2.54. The van der Waals surface area contributed by atoms with Crippen molar-refractivity contribution in [1.82, 2.24) is 10.2 Å². The van der Waals surface area contributed by atoms with Crippen LogP contribution >= 0.6 is 31.9 Å². The summed E-state index contributed by atoms with van der Waals surface area (Å²) in [5.41, 5.74) is 0. The Hall–Kier alpha value is 0.390. The topological polar surface area (TPSA) is 32.3 Å². The quantitative estimate of drug-likeness (QED) is 0.514. The number of hydrogen-bond donors (Lipinski definition) is 1. The average Bonchev–Trinajstić information content (AvgIpc) is 1.82. The van der Waals surface area contributed by atoms with Crippen molar-refractivity contribution >= 4 is 37.8 Å². The van der Waals surface area contributed by atoms with E-state index in [4.69, 9.17) is 0 Å². The van der Waals surface area contributed by atoms with Gasteiger partial charge >= 0.3 is 0 Å². The lowest BCUT2D eigenvalue weighted by Gasteiger charge is -2.30. The normalized spacial score (nSPS) is 34.7. The van der Waals surface area contributed by atoms with E-state index in [9.17, 15) is 4.79 Å². The van der Waals surface area contributed by atoms with Crippen molar-refractivity contribution in [3.63, 3.8) is 0 Å². The van der Waals surface area contributed by atoms with Crippen molar-refractivity contribution in [3.8, 4) is 0 Å². The van der Waals surface area contributed by atoms with Crippen LogP contribution in [-0.4, -0.2) is 34.3 Å². The predicted octanol–water partition coefficient (Wildman–Crippen LogP) is 0.490. The fourth-order valence-corrected chi connectivity index (χ4v) is 2.53. The molecule has 0 aromatic heterocycles. The molecule has 0 aromatic carbocycles. The molecule has 5 heteroatoms. The van der Waals surface area contributed by atoms with Crippen LogP contribution in [0.4, 0.5) is 0 Å². The van der Waals surface area contributed by atoms with Crippen LogP contribution < -0.4 is 5.32 Å². The first-order chi connectivity index (χ1) is 4.61. The number of rotatable bonds is 0. The minimum absolute atomic E-state index is 0.0794. The second-order valence-electron chi connectivity index (χ2n) is 2.22. The third-order valence-electron chi connectivity index (χ3n) is 1.35. The summed E-state index contributed by atoms with van der Waals surface area (Å²) in [6.07, 6.45) is 0. The summed E-state index contributed by atoms with van der Waals surface area (Å²) in [5, 5.41) is 3.00. The summed E-state index contributed by atoms with van der Waals surface area (Å²) >= 11 is 6.56. The molecule has 1 aliphatic heterocycles. The van der Waals surface area contributed by atoms with Gasteiger partial charge < -0.3 is 4.90 Å². The van der Waals surface area contributed by atoms with Crippen LogP contribution in [0.1, 0.15) is 0 Å². The van der Waals surface area contributed by atoms with Crippen molar-refractivity contribution in [2.24, 2.45) is 0 Å². The zero-order chi connectivity index (χ0) is 7.72. The first kappa shape index (κ1) is 8.49. The summed E-state index contributed by atoms with van der Waals surface area (Å²) in [4.78, 5) is 12.7. The minimum atomic E-state index is -0.240. The van der Waals surface area contributed by atoms with E-state index in [1.54, 1.807) is 11.9 Å². The smallest absolute Gasteiger partial charge is 0.250 e. The maximum absolute atomic E-state index is 11.1. The maximum atomic E-state index is 11.1. The first-order valence-corrected chi connectivity index (χ1v) is 4.73. The molecule has 10 heavy (non-hydrogen) atoms. The summed E-state index contributed by atoms with van der Waals surface area (Å²) in [6, 6.07) is 0. The number of likely N-dealkylation sites (N-methyl/N-ethyl adjacent to an activating group) is 1. The number of carbonyl (C=O) groups excluding carboxylic acids is 1. The van der Waals surface area contributed by atoms with Gasteiger partial charge in [-0.05, 0) is 0 Å². The molecule has 0 radical (unpaired) electrons. The molecule has 1 heterocycles.